The molecule has 1 N–H and O–H groups in total. The Morgan fingerprint density at radius 3 is 1.57 bits per heavy atom. The summed E-state index contributed by atoms with van der Waals surface area (Å²) in [5.41, 5.74) is 0. The van der Waals surface area contributed by atoms with E-state index < -0.39 is 12.0 Å². The molecule has 0 heterocycles. The van der Waals surface area contributed by atoms with Gasteiger partial charge in [-0.1, -0.05) is 97.8 Å². The summed E-state index contributed by atoms with van der Waals surface area (Å²) in [7, 11) is 0. The van der Waals surface area contributed by atoms with E-state index in [4.69, 9.17) is 9.47 Å². The van der Waals surface area contributed by atoms with E-state index in [9.17, 15) is 14.4 Å². The lowest BCUT2D eigenvalue weighted by atomic mass is 10.0. The van der Waals surface area contributed by atoms with Gasteiger partial charge in [0.05, 0.1) is 12.2 Å². The Kier molecular flexibility index (Phi) is 21.8. The van der Waals surface area contributed by atoms with Crippen molar-refractivity contribution in [2.45, 2.75) is 168 Å². The molecular weight excluding hydrogens is 442 g/mol. The Morgan fingerprint density at radius 2 is 1.09 bits per heavy atom. The Balaban J connectivity index is 4.14. The molecule has 0 radical (unpaired) electrons. The second-order valence-corrected chi connectivity index (χ2v) is 10.0. The molecule has 2 unspecified atom stereocenters. The zero-order valence-electron chi connectivity index (χ0n) is 23.5. The minimum Gasteiger partial charge on any atom is -0.463 e. The second-order valence-electron chi connectivity index (χ2n) is 10.0. The molecule has 206 valence electrons. The summed E-state index contributed by atoms with van der Waals surface area (Å²) in [6.07, 6.45) is 18.0. The van der Waals surface area contributed by atoms with Crippen LogP contribution >= 0.6 is 0 Å². The van der Waals surface area contributed by atoms with Gasteiger partial charge in [0.2, 0.25) is 5.91 Å². The number of amides is 1. The minimum atomic E-state index is -0.817. The number of carbonyl (C=O) groups excluding carboxylic acids is 3. The summed E-state index contributed by atoms with van der Waals surface area (Å²) >= 11 is 0. The van der Waals surface area contributed by atoms with Crippen molar-refractivity contribution in [3.05, 3.63) is 0 Å². The van der Waals surface area contributed by atoms with Crippen LogP contribution in [0.1, 0.15) is 150 Å². The third-order valence-corrected chi connectivity index (χ3v) is 6.56. The molecule has 0 aromatic heterocycles. The van der Waals surface area contributed by atoms with Gasteiger partial charge in [0, 0.05) is 12.8 Å². The lowest BCUT2D eigenvalue weighted by molar-refractivity contribution is -0.153. The van der Waals surface area contributed by atoms with Crippen LogP contribution in [0.2, 0.25) is 0 Å². The molecule has 3 atom stereocenters. The number of esters is 2. The first-order valence-corrected chi connectivity index (χ1v) is 14.5. The van der Waals surface area contributed by atoms with E-state index >= 15 is 0 Å². The van der Waals surface area contributed by atoms with Gasteiger partial charge >= 0.3 is 11.9 Å². The largest absolute Gasteiger partial charge is 0.463 e. The fraction of sp³-hybridized carbons (Fsp3) is 0.897. The van der Waals surface area contributed by atoms with Crippen LogP contribution < -0.4 is 5.32 Å². The van der Waals surface area contributed by atoms with Gasteiger partial charge in [0.15, 0.2) is 0 Å². The van der Waals surface area contributed by atoms with Crippen LogP contribution in [0.15, 0.2) is 0 Å². The maximum atomic E-state index is 12.5. The van der Waals surface area contributed by atoms with Crippen LogP contribution in [-0.2, 0) is 23.9 Å². The Labute approximate surface area is 215 Å². The van der Waals surface area contributed by atoms with Gasteiger partial charge in [-0.05, 0) is 39.5 Å². The van der Waals surface area contributed by atoms with E-state index in [0.717, 1.165) is 25.7 Å². The van der Waals surface area contributed by atoms with E-state index in [1.54, 1.807) is 0 Å². The minimum absolute atomic E-state index is 0.0730. The smallest absolute Gasteiger partial charge is 0.328 e. The van der Waals surface area contributed by atoms with Crippen LogP contribution in [0, 0.1) is 0 Å². The molecular formula is C29H55NO5. The summed E-state index contributed by atoms with van der Waals surface area (Å²) in [6.45, 7) is 9.79. The van der Waals surface area contributed by atoms with Gasteiger partial charge in [-0.2, -0.15) is 0 Å². The molecule has 0 fully saturated rings. The van der Waals surface area contributed by atoms with Gasteiger partial charge < -0.3 is 14.8 Å². The first-order valence-electron chi connectivity index (χ1n) is 14.5. The molecule has 0 aromatic rings. The number of carbonyl (C=O) groups is 3. The second kappa shape index (κ2) is 22.8. The molecule has 0 saturated carbocycles. The molecule has 0 aromatic carbocycles. The average molecular weight is 498 g/mol. The summed E-state index contributed by atoms with van der Waals surface area (Å²) in [6, 6.07) is -0.817. The summed E-state index contributed by atoms with van der Waals surface area (Å²) in [5, 5.41) is 2.79. The molecule has 1 amide bonds. The van der Waals surface area contributed by atoms with Crippen molar-refractivity contribution in [1.29, 1.82) is 0 Å². The number of nitrogens with one attached hydrogen (secondary N) is 1. The highest BCUT2D eigenvalue weighted by Crippen LogP contribution is 2.13. The molecule has 6 nitrogen and oxygen atoms in total. The van der Waals surface area contributed by atoms with Crippen molar-refractivity contribution < 1.29 is 23.9 Å². The first-order chi connectivity index (χ1) is 16.8. The fourth-order valence-electron chi connectivity index (χ4n) is 3.81. The van der Waals surface area contributed by atoms with Gasteiger partial charge in [-0.3, -0.25) is 9.59 Å². The van der Waals surface area contributed by atoms with E-state index in [1.165, 1.54) is 64.2 Å². The molecule has 35 heavy (non-hydrogen) atoms. The highest BCUT2D eigenvalue weighted by molar-refractivity contribution is 5.85. The number of rotatable bonds is 23. The van der Waals surface area contributed by atoms with Gasteiger partial charge in [0.1, 0.15) is 6.04 Å². The molecule has 6 heteroatoms. The maximum Gasteiger partial charge on any atom is 0.328 e. The van der Waals surface area contributed by atoms with Crippen LogP contribution in [-0.4, -0.2) is 36.1 Å². The Hall–Kier alpha value is -1.59. The monoisotopic (exact) mass is 497 g/mol. The van der Waals surface area contributed by atoms with Crippen LogP contribution in [0.4, 0.5) is 0 Å². The first kappa shape index (κ1) is 33.4. The van der Waals surface area contributed by atoms with Gasteiger partial charge in [0.25, 0.3) is 0 Å². The lowest BCUT2D eigenvalue weighted by Crippen LogP contribution is -2.43. The molecule has 0 bridgehead atoms. The van der Waals surface area contributed by atoms with Crippen LogP contribution in [0.25, 0.3) is 0 Å². The maximum absolute atomic E-state index is 12.5. The predicted molar refractivity (Wildman–Crippen MR) is 143 cm³/mol. The van der Waals surface area contributed by atoms with Gasteiger partial charge in [-0.25, -0.2) is 4.79 Å². The van der Waals surface area contributed by atoms with Crippen molar-refractivity contribution in [2.24, 2.45) is 0 Å². The zero-order chi connectivity index (χ0) is 26.3. The topological polar surface area (TPSA) is 81.7 Å². The normalized spacial score (nSPS) is 13.6. The van der Waals surface area contributed by atoms with E-state index in [-0.39, 0.29) is 36.9 Å². The number of ether oxygens (including phenoxy) is 2. The van der Waals surface area contributed by atoms with Crippen molar-refractivity contribution >= 4 is 17.8 Å². The highest BCUT2D eigenvalue weighted by Gasteiger charge is 2.25. The van der Waals surface area contributed by atoms with Crippen molar-refractivity contribution in [2.75, 3.05) is 0 Å². The van der Waals surface area contributed by atoms with E-state index in [0.29, 0.717) is 12.8 Å². The Morgan fingerprint density at radius 1 is 0.629 bits per heavy atom. The highest BCUT2D eigenvalue weighted by atomic mass is 16.5. The summed E-state index contributed by atoms with van der Waals surface area (Å²) < 4.78 is 10.7. The van der Waals surface area contributed by atoms with Crippen molar-refractivity contribution in [1.82, 2.24) is 5.32 Å². The van der Waals surface area contributed by atoms with Crippen molar-refractivity contribution in [3.63, 3.8) is 0 Å². The molecule has 0 rings (SSSR count). The number of hydrogen-bond acceptors (Lipinski definition) is 5. The third kappa shape index (κ3) is 20.3. The Bertz CT molecular complexity index is 551. The molecule has 0 aliphatic rings. The summed E-state index contributed by atoms with van der Waals surface area (Å²) in [4.78, 5) is 37.0. The molecule has 0 spiro atoms. The van der Waals surface area contributed by atoms with Gasteiger partial charge in [-0.15, -0.1) is 0 Å². The SMILES string of the molecule is CCCCCCCCCCCCCCCC(=O)N[C@@H](CCC(=O)OC(C)CC)C(=O)OC(C)CC. The third-order valence-electron chi connectivity index (χ3n) is 6.56. The number of hydrogen-bond donors (Lipinski definition) is 1. The van der Waals surface area contributed by atoms with Crippen molar-refractivity contribution in [3.8, 4) is 0 Å². The quantitative estimate of drug-likeness (QED) is 0.117. The van der Waals surface area contributed by atoms with Crippen LogP contribution in [0.5, 0.6) is 0 Å². The van der Waals surface area contributed by atoms with E-state index in [1.807, 2.05) is 27.7 Å². The predicted octanol–water partition coefficient (Wildman–Crippen LogP) is 7.42. The standard InChI is InChI=1S/C29H55NO5/c1-6-9-10-11-12-13-14-15-16-17-18-19-20-21-27(31)30-26(29(33)35-25(5)8-3)22-23-28(32)34-24(4)7-2/h24-26H,6-23H2,1-5H3,(H,30,31)/t24?,25?,26-/m0/s1. The lowest BCUT2D eigenvalue weighted by Gasteiger charge is -2.20. The van der Waals surface area contributed by atoms with Crippen LogP contribution in [0.3, 0.4) is 0 Å². The molecule has 0 aliphatic heterocycles. The van der Waals surface area contributed by atoms with E-state index in [2.05, 4.69) is 12.2 Å². The zero-order valence-corrected chi connectivity index (χ0v) is 23.5. The average Bonchev–Trinajstić information content (AvgIpc) is 2.84. The fourth-order valence-corrected chi connectivity index (χ4v) is 3.81. The molecule has 0 saturated heterocycles. The molecule has 0 aliphatic carbocycles. The number of unbranched alkanes of at least 4 members (excludes halogenated alkanes) is 12. The summed E-state index contributed by atoms with van der Waals surface area (Å²) in [5.74, 6) is -0.990.